The Balaban J connectivity index is 3.16. The summed E-state index contributed by atoms with van der Waals surface area (Å²) in [5.41, 5.74) is 0. The lowest BCUT2D eigenvalue weighted by Gasteiger charge is -2.05. The van der Waals surface area contributed by atoms with E-state index in [9.17, 15) is 13.2 Å². The second-order valence-corrected chi connectivity index (χ2v) is 12.7. The van der Waals surface area contributed by atoms with Crippen LogP contribution in [0.5, 0.6) is 0 Å². The molecule has 1 N–H and O–H groups in total. The zero-order valence-corrected chi connectivity index (χ0v) is 23.5. The van der Waals surface area contributed by atoms with Crippen molar-refractivity contribution in [2.24, 2.45) is 0 Å². The topological polar surface area (TPSA) is 71.4 Å². The van der Waals surface area contributed by atoms with E-state index >= 15 is 0 Å². The second-order valence-electron chi connectivity index (χ2n) is 10.4. The van der Waals surface area contributed by atoms with Crippen LogP contribution in [0.3, 0.4) is 0 Å². The molecule has 4 nitrogen and oxygen atoms in total. The summed E-state index contributed by atoms with van der Waals surface area (Å²) >= 11 is 0. The SMILES string of the molecule is CCCCCCCCCCCCCCCCCCCCCCCCCCS(=O)(=O)CCC(=O)O. The average Bonchev–Trinajstić information content (AvgIpc) is 2.80. The zero-order valence-electron chi connectivity index (χ0n) is 22.7. The summed E-state index contributed by atoms with van der Waals surface area (Å²) < 4.78 is 23.4. The summed E-state index contributed by atoms with van der Waals surface area (Å²) in [5.74, 6) is -1.12. The van der Waals surface area contributed by atoms with Gasteiger partial charge in [-0.25, -0.2) is 8.42 Å². The summed E-state index contributed by atoms with van der Waals surface area (Å²) in [6.45, 7) is 2.28. The molecule has 0 aliphatic rings. The minimum atomic E-state index is -3.18. The smallest absolute Gasteiger partial charge is 0.304 e. The maximum absolute atomic E-state index is 11.7. The Morgan fingerprint density at radius 3 is 1.00 bits per heavy atom. The van der Waals surface area contributed by atoms with Gasteiger partial charge in [0.2, 0.25) is 0 Å². The Morgan fingerprint density at radius 1 is 0.471 bits per heavy atom. The van der Waals surface area contributed by atoms with Crippen molar-refractivity contribution in [3.05, 3.63) is 0 Å². The van der Waals surface area contributed by atoms with Gasteiger partial charge in [-0.2, -0.15) is 0 Å². The molecule has 0 radical (unpaired) electrons. The van der Waals surface area contributed by atoms with Gasteiger partial charge in [0.05, 0.1) is 17.9 Å². The van der Waals surface area contributed by atoms with Gasteiger partial charge in [-0.1, -0.05) is 155 Å². The van der Waals surface area contributed by atoms with Gasteiger partial charge in [-0.3, -0.25) is 4.79 Å². The van der Waals surface area contributed by atoms with Gasteiger partial charge >= 0.3 is 5.97 Å². The average molecular weight is 503 g/mol. The highest BCUT2D eigenvalue weighted by atomic mass is 32.2. The molecule has 34 heavy (non-hydrogen) atoms. The van der Waals surface area contributed by atoms with Gasteiger partial charge in [0.25, 0.3) is 0 Å². The molecule has 0 fully saturated rings. The van der Waals surface area contributed by atoms with Crippen LogP contribution in [-0.2, 0) is 14.6 Å². The highest BCUT2D eigenvalue weighted by Crippen LogP contribution is 2.15. The molecule has 0 aromatic carbocycles. The molecule has 0 rings (SSSR count). The number of sulfone groups is 1. The van der Waals surface area contributed by atoms with Crippen molar-refractivity contribution in [1.29, 1.82) is 0 Å². The molecule has 0 bridgehead atoms. The van der Waals surface area contributed by atoms with Crippen LogP contribution in [0.25, 0.3) is 0 Å². The van der Waals surface area contributed by atoms with Crippen LogP contribution >= 0.6 is 0 Å². The van der Waals surface area contributed by atoms with Crippen molar-refractivity contribution in [2.75, 3.05) is 11.5 Å². The molecule has 0 saturated carbocycles. The maximum atomic E-state index is 11.7. The summed E-state index contributed by atoms with van der Waals surface area (Å²) in [5, 5.41) is 8.57. The number of carbonyl (C=O) groups is 1. The highest BCUT2D eigenvalue weighted by Gasteiger charge is 2.12. The number of carboxylic acids is 1. The fourth-order valence-corrected chi connectivity index (χ4v) is 5.96. The first-order valence-corrected chi connectivity index (χ1v) is 16.7. The van der Waals surface area contributed by atoms with E-state index in [0.29, 0.717) is 6.42 Å². The predicted molar refractivity (Wildman–Crippen MR) is 147 cm³/mol. The van der Waals surface area contributed by atoms with Crippen LogP contribution in [0.1, 0.15) is 167 Å². The van der Waals surface area contributed by atoms with E-state index in [1.807, 2.05) is 0 Å². The predicted octanol–water partition coefficient (Wildman–Crippen LogP) is 9.26. The molecular formula is C29H58O4S. The third-order valence-corrected chi connectivity index (χ3v) is 8.67. The number of rotatable bonds is 28. The molecule has 204 valence electrons. The number of hydrogen-bond acceptors (Lipinski definition) is 3. The largest absolute Gasteiger partial charge is 0.481 e. The molecule has 0 aromatic heterocycles. The molecule has 0 aliphatic heterocycles. The lowest BCUT2D eigenvalue weighted by atomic mass is 10.0. The van der Waals surface area contributed by atoms with E-state index in [1.54, 1.807) is 0 Å². The van der Waals surface area contributed by atoms with Crippen LogP contribution in [-0.4, -0.2) is 31.0 Å². The van der Waals surface area contributed by atoms with E-state index in [4.69, 9.17) is 5.11 Å². The van der Waals surface area contributed by atoms with Crippen molar-refractivity contribution in [2.45, 2.75) is 167 Å². The van der Waals surface area contributed by atoms with Gasteiger partial charge < -0.3 is 5.11 Å². The fraction of sp³-hybridized carbons (Fsp3) is 0.966. The van der Waals surface area contributed by atoms with E-state index in [0.717, 1.165) is 12.8 Å². The summed E-state index contributed by atoms with van der Waals surface area (Å²) in [7, 11) is -3.18. The van der Waals surface area contributed by atoms with Crippen molar-refractivity contribution in [3.63, 3.8) is 0 Å². The number of hydrogen-bond donors (Lipinski definition) is 1. The van der Waals surface area contributed by atoms with E-state index in [2.05, 4.69) is 6.92 Å². The highest BCUT2D eigenvalue weighted by molar-refractivity contribution is 7.91. The Hall–Kier alpha value is -0.580. The van der Waals surface area contributed by atoms with Crippen molar-refractivity contribution >= 4 is 15.8 Å². The van der Waals surface area contributed by atoms with Gasteiger partial charge in [-0.15, -0.1) is 0 Å². The molecular weight excluding hydrogens is 444 g/mol. The van der Waals surface area contributed by atoms with Crippen molar-refractivity contribution in [1.82, 2.24) is 0 Å². The number of unbranched alkanes of at least 4 members (excludes halogenated alkanes) is 23. The van der Waals surface area contributed by atoms with Crippen LogP contribution in [0.2, 0.25) is 0 Å². The molecule has 0 spiro atoms. The maximum Gasteiger partial charge on any atom is 0.304 e. The van der Waals surface area contributed by atoms with Gasteiger partial charge in [0.1, 0.15) is 0 Å². The van der Waals surface area contributed by atoms with Gasteiger partial charge in [-0.05, 0) is 6.42 Å². The van der Waals surface area contributed by atoms with E-state index in [1.165, 1.54) is 135 Å². The third kappa shape index (κ3) is 27.7. The lowest BCUT2D eigenvalue weighted by molar-refractivity contribution is -0.136. The molecule has 0 aliphatic carbocycles. The molecule has 0 amide bonds. The standard InChI is InChI=1S/C29H58O4S/c1-2-3-4-5-6-7-8-9-10-11-12-13-14-15-16-17-18-19-20-21-22-23-24-25-27-34(32,33)28-26-29(30)31/h2-28H2,1H3,(H,30,31). The second kappa shape index (κ2) is 25.5. The monoisotopic (exact) mass is 502 g/mol. The fourth-order valence-electron chi connectivity index (χ4n) is 4.63. The summed E-state index contributed by atoms with van der Waals surface area (Å²) in [6.07, 6.45) is 31.7. The Bertz CT molecular complexity index is 530. The first kappa shape index (κ1) is 33.4. The molecule has 0 atom stereocenters. The third-order valence-electron chi connectivity index (χ3n) is 6.94. The van der Waals surface area contributed by atoms with Gasteiger partial charge in [0.15, 0.2) is 9.84 Å². The van der Waals surface area contributed by atoms with Crippen LogP contribution in [0.4, 0.5) is 0 Å². The Labute approximate surface area is 213 Å². The van der Waals surface area contributed by atoms with Crippen LogP contribution in [0.15, 0.2) is 0 Å². The number of aliphatic carboxylic acids is 1. The number of carboxylic acid groups (broad SMARTS) is 1. The summed E-state index contributed by atoms with van der Waals surface area (Å²) in [4.78, 5) is 10.5. The van der Waals surface area contributed by atoms with Crippen LogP contribution in [0, 0.1) is 0 Å². The minimum absolute atomic E-state index is 0.138. The molecule has 0 heterocycles. The van der Waals surface area contributed by atoms with Crippen molar-refractivity contribution < 1.29 is 18.3 Å². The zero-order chi connectivity index (χ0) is 25.2. The van der Waals surface area contributed by atoms with Gasteiger partial charge in [0, 0.05) is 0 Å². The van der Waals surface area contributed by atoms with Crippen LogP contribution < -0.4 is 0 Å². The molecule has 0 aromatic rings. The molecule has 0 unspecified atom stereocenters. The molecule has 5 heteroatoms. The molecule has 0 saturated heterocycles. The minimum Gasteiger partial charge on any atom is -0.481 e. The first-order valence-electron chi connectivity index (χ1n) is 14.9. The quantitative estimate of drug-likeness (QED) is 0.108. The summed E-state index contributed by atoms with van der Waals surface area (Å²) in [6, 6.07) is 0. The normalized spacial score (nSPS) is 11.8. The first-order chi connectivity index (χ1) is 16.5. The Kier molecular flexibility index (Phi) is 25.1. The Morgan fingerprint density at radius 2 is 0.735 bits per heavy atom. The van der Waals surface area contributed by atoms with E-state index < -0.39 is 15.8 Å². The van der Waals surface area contributed by atoms with Crippen molar-refractivity contribution in [3.8, 4) is 0 Å². The lowest BCUT2D eigenvalue weighted by Crippen LogP contribution is -2.14. The van der Waals surface area contributed by atoms with E-state index in [-0.39, 0.29) is 17.9 Å².